The number of carbonyl (C=O) groups is 1. The molecule has 0 aliphatic carbocycles. The molecule has 2 rings (SSSR count). The van der Waals surface area contributed by atoms with Gasteiger partial charge in [-0.3, -0.25) is 9.53 Å². The van der Waals surface area contributed by atoms with Gasteiger partial charge in [0.15, 0.2) is 5.65 Å². The van der Waals surface area contributed by atoms with Crippen LogP contribution in [0, 0.1) is 0 Å². The van der Waals surface area contributed by atoms with Crippen LogP contribution in [0.2, 0.25) is 0 Å². The Morgan fingerprint density at radius 1 is 1.45 bits per heavy atom. The van der Waals surface area contributed by atoms with Gasteiger partial charge in [0.25, 0.3) is 0 Å². The number of pyridine rings is 1. The Hall–Kier alpha value is -2.42. The number of alkyl halides is 3. The van der Waals surface area contributed by atoms with Gasteiger partial charge < -0.3 is 5.32 Å². The molecule has 0 aromatic carbocycles. The fourth-order valence-electron chi connectivity index (χ4n) is 1.80. The van der Waals surface area contributed by atoms with Crippen LogP contribution in [-0.4, -0.2) is 33.6 Å². The van der Waals surface area contributed by atoms with E-state index < -0.39 is 13.0 Å². The van der Waals surface area contributed by atoms with Gasteiger partial charge in [-0.15, -0.1) is 13.2 Å². The number of aromatic nitrogens is 3. The van der Waals surface area contributed by atoms with E-state index in [1.165, 1.54) is 17.1 Å². The zero-order chi connectivity index (χ0) is 16.2. The number of nitrogens with zero attached hydrogens (tertiary/aromatic N) is 3. The third-order valence-electron chi connectivity index (χ3n) is 2.71. The van der Waals surface area contributed by atoms with Gasteiger partial charge in [0.1, 0.15) is 0 Å². The molecule has 9 heteroatoms. The average Bonchev–Trinajstić information content (AvgIpc) is 2.85. The lowest BCUT2D eigenvalue weighted by Crippen LogP contribution is -2.15. The molecule has 2 heterocycles. The van der Waals surface area contributed by atoms with Crippen molar-refractivity contribution in [2.45, 2.75) is 19.3 Å². The first-order valence-corrected chi connectivity index (χ1v) is 6.35. The van der Waals surface area contributed by atoms with Crippen molar-refractivity contribution in [1.29, 1.82) is 0 Å². The molecule has 0 fully saturated rings. The zero-order valence-corrected chi connectivity index (χ0v) is 11.4. The second-order valence-electron chi connectivity index (χ2n) is 4.35. The van der Waals surface area contributed by atoms with Gasteiger partial charge in [0.2, 0.25) is 5.91 Å². The van der Waals surface area contributed by atoms with Crippen LogP contribution in [0.1, 0.15) is 6.42 Å². The first-order valence-electron chi connectivity index (χ1n) is 6.35. The van der Waals surface area contributed by atoms with Crippen molar-refractivity contribution in [3.8, 4) is 0 Å². The van der Waals surface area contributed by atoms with Gasteiger partial charge in [-0.25, -0.2) is 9.67 Å². The zero-order valence-electron chi connectivity index (χ0n) is 11.4. The van der Waals surface area contributed by atoms with Crippen LogP contribution in [0.4, 0.5) is 18.9 Å². The molecular formula is C13H13F3N4O2. The molecule has 0 bridgehead atoms. The van der Waals surface area contributed by atoms with Crippen LogP contribution in [0.3, 0.4) is 0 Å². The van der Waals surface area contributed by atoms with E-state index in [1.807, 2.05) is 0 Å². The summed E-state index contributed by atoms with van der Waals surface area (Å²) < 4.78 is 40.7. The number of carbonyl (C=O) groups excluding carboxylic acids is 1. The quantitative estimate of drug-likeness (QED) is 0.657. The second kappa shape index (κ2) is 6.56. The summed E-state index contributed by atoms with van der Waals surface area (Å²) in [4.78, 5) is 15.3. The molecule has 2 aromatic heterocycles. The van der Waals surface area contributed by atoms with Crippen molar-refractivity contribution in [2.75, 3.05) is 11.9 Å². The minimum Gasteiger partial charge on any atom is -0.321 e. The van der Waals surface area contributed by atoms with Crippen molar-refractivity contribution in [1.82, 2.24) is 14.8 Å². The van der Waals surface area contributed by atoms with E-state index in [0.717, 1.165) is 6.08 Å². The van der Waals surface area contributed by atoms with Crippen LogP contribution < -0.4 is 5.32 Å². The molecule has 2 aromatic rings. The normalized spacial score (nSPS) is 11.6. The number of hydrogen-bond donors (Lipinski definition) is 1. The number of ether oxygens (including phenoxy) is 1. The molecule has 0 atom stereocenters. The van der Waals surface area contributed by atoms with Crippen molar-refractivity contribution < 1.29 is 22.7 Å². The van der Waals surface area contributed by atoms with E-state index in [-0.39, 0.29) is 18.9 Å². The average molecular weight is 314 g/mol. The standard InChI is InChI=1S/C13H13F3N4O2/c1-2-11(21)19-10-6-9-7-18-20(12(9)17-8-10)4-3-5-22-13(14,15)16/h2,6-8H,1,3-5H2,(H,19,21). The fourth-order valence-corrected chi connectivity index (χ4v) is 1.80. The van der Waals surface area contributed by atoms with Gasteiger partial charge in [-0.2, -0.15) is 5.10 Å². The molecule has 22 heavy (non-hydrogen) atoms. The number of aryl methyl sites for hydroxylation is 1. The highest BCUT2D eigenvalue weighted by molar-refractivity contribution is 5.99. The summed E-state index contributed by atoms with van der Waals surface area (Å²) in [5.74, 6) is -0.363. The largest absolute Gasteiger partial charge is 0.522 e. The van der Waals surface area contributed by atoms with Crippen LogP contribution in [0.15, 0.2) is 31.1 Å². The third-order valence-corrected chi connectivity index (χ3v) is 2.71. The fraction of sp³-hybridized carbons (Fsp3) is 0.308. The van der Waals surface area contributed by atoms with Crippen molar-refractivity contribution in [3.05, 3.63) is 31.1 Å². The van der Waals surface area contributed by atoms with Crippen LogP contribution in [-0.2, 0) is 16.1 Å². The number of rotatable bonds is 6. The second-order valence-corrected chi connectivity index (χ2v) is 4.35. The number of anilines is 1. The highest BCUT2D eigenvalue weighted by Crippen LogP contribution is 2.18. The Bertz CT molecular complexity index is 681. The molecule has 1 amide bonds. The summed E-state index contributed by atoms with van der Waals surface area (Å²) in [7, 11) is 0. The molecule has 6 nitrogen and oxygen atoms in total. The van der Waals surface area contributed by atoms with Crippen molar-refractivity contribution in [2.24, 2.45) is 0 Å². The predicted octanol–water partition coefficient (Wildman–Crippen LogP) is 2.48. The predicted molar refractivity (Wildman–Crippen MR) is 73.0 cm³/mol. The molecule has 0 spiro atoms. The topological polar surface area (TPSA) is 69.0 Å². The molecule has 0 radical (unpaired) electrons. The summed E-state index contributed by atoms with van der Waals surface area (Å²) >= 11 is 0. The summed E-state index contributed by atoms with van der Waals surface area (Å²) in [5.41, 5.74) is 1.00. The summed E-state index contributed by atoms with van der Waals surface area (Å²) in [6, 6.07) is 1.67. The Kier molecular flexibility index (Phi) is 4.76. The first kappa shape index (κ1) is 16.0. The van der Waals surface area contributed by atoms with Crippen LogP contribution in [0.25, 0.3) is 11.0 Å². The van der Waals surface area contributed by atoms with E-state index in [1.54, 1.807) is 6.07 Å². The van der Waals surface area contributed by atoms with Crippen molar-refractivity contribution >= 4 is 22.6 Å². The maximum atomic E-state index is 11.9. The Morgan fingerprint density at radius 3 is 2.91 bits per heavy atom. The number of fused-ring (bicyclic) bond motifs is 1. The lowest BCUT2D eigenvalue weighted by atomic mass is 10.3. The minimum atomic E-state index is -4.62. The molecule has 0 saturated heterocycles. The minimum absolute atomic E-state index is 0.146. The number of hydrogen-bond acceptors (Lipinski definition) is 4. The summed E-state index contributed by atoms with van der Waals surface area (Å²) in [6.07, 6.45) is -0.380. The Balaban J connectivity index is 2.00. The monoisotopic (exact) mass is 314 g/mol. The van der Waals surface area contributed by atoms with E-state index in [4.69, 9.17) is 0 Å². The van der Waals surface area contributed by atoms with Gasteiger partial charge >= 0.3 is 6.36 Å². The first-order chi connectivity index (χ1) is 10.4. The highest BCUT2D eigenvalue weighted by Gasteiger charge is 2.28. The van der Waals surface area contributed by atoms with Crippen LogP contribution in [0.5, 0.6) is 0 Å². The van der Waals surface area contributed by atoms with Crippen molar-refractivity contribution in [3.63, 3.8) is 0 Å². The molecule has 0 aliphatic heterocycles. The summed E-state index contributed by atoms with van der Waals surface area (Å²) in [6.45, 7) is 3.14. The Morgan fingerprint density at radius 2 is 2.23 bits per heavy atom. The smallest absolute Gasteiger partial charge is 0.321 e. The molecule has 0 saturated carbocycles. The van der Waals surface area contributed by atoms with Gasteiger partial charge in [0, 0.05) is 11.9 Å². The van der Waals surface area contributed by atoms with E-state index in [2.05, 4.69) is 26.7 Å². The van der Waals surface area contributed by atoms with E-state index in [0.29, 0.717) is 16.7 Å². The number of halogens is 3. The third kappa shape index (κ3) is 4.29. The maximum absolute atomic E-state index is 11.9. The summed E-state index contributed by atoms with van der Waals surface area (Å²) in [5, 5.41) is 7.28. The Labute approximate surface area is 123 Å². The van der Waals surface area contributed by atoms with E-state index in [9.17, 15) is 18.0 Å². The molecule has 1 N–H and O–H groups in total. The maximum Gasteiger partial charge on any atom is 0.522 e. The van der Waals surface area contributed by atoms with Gasteiger partial charge in [-0.1, -0.05) is 6.58 Å². The molecular weight excluding hydrogens is 301 g/mol. The van der Waals surface area contributed by atoms with Crippen LogP contribution >= 0.6 is 0 Å². The van der Waals surface area contributed by atoms with Gasteiger partial charge in [-0.05, 0) is 18.6 Å². The molecule has 0 unspecified atom stereocenters. The molecule has 118 valence electrons. The van der Waals surface area contributed by atoms with E-state index >= 15 is 0 Å². The van der Waals surface area contributed by atoms with Gasteiger partial charge in [0.05, 0.1) is 24.7 Å². The SMILES string of the molecule is C=CC(=O)Nc1cnc2c(cnn2CCCOC(F)(F)F)c1. The lowest BCUT2D eigenvalue weighted by molar-refractivity contribution is -0.324. The molecule has 0 aliphatic rings. The number of amides is 1. The highest BCUT2D eigenvalue weighted by atomic mass is 19.4. The number of nitrogens with one attached hydrogen (secondary N) is 1. The lowest BCUT2D eigenvalue weighted by Gasteiger charge is -2.07.